The molecule has 0 aliphatic rings. The molecule has 2 heterocycles. The van der Waals surface area contributed by atoms with Crippen LogP contribution in [-0.2, 0) is 6.61 Å². The largest absolute Gasteiger partial charge is 0.392 e. The van der Waals surface area contributed by atoms with E-state index in [4.69, 9.17) is 0 Å². The molecule has 22 heavy (non-hydrogen) atoms. The molecule has 108 valence electrons. The normalized spacial score (nSPS) is 11.3. The van der Waals surface area contributed by atoms with Gasteiger partial charge in [0.25, 0.3) is 0 Å². The van der Waals surface area contributed by atoms with E-state index in [1.165, 1.54) is 11.8 Å². The van der Waals surface area contributed by atoms with Gasteiger partial charge >= 0.3 is 0 Å². The molecule has 0 spiro atoms. The van der Waals surface area contributed by atoms with Crippen LogP contribution in [0.25, 0.3) is 21.1 Å². The summed E-state index contributed by atoms with van der Waals surface area (Å²) in [5, 5.41) is 11.5. The molecule has 0 radical (unpaired) electrons. The van der Waals surface area contributed by atoms with Gasteiger partial charge in [-0.3, -0.25) is 0 Å². The quantitative estimate of drug-likeness (QED) is 0.603. The highest BCUT2D eigenvalue weighted by molar-refractivity contribution is 8.01. The molecule has 0 saturated heterocycles. The second-order valence-electron chi connectivity index (χ2n) is 4.85. The van der Waals surface area contributed by atoms with Gasteiger partial charge in [-0.15, -0.1) is 11.3 Å². The molecule has 2 aromatic heterocycles. The average Bonchev–Trinajstić information content (AvgIpc) is 2.96. The van der Waals surface area contributed by atoms with E-state index in [0.29, 0.717) is 0 Å². The van der Waals surface area contributed by atoms with E-state index in [0.717, 1.165) is 36.0 Å². The Labute approximate surface area is 135 Å². The lowest BCUT2D eigenvalue weighted by Crippen LogP contribution is -1.92. The van der Waals surface area contributed by atoms with Crippen LogP contribution in [0.2, 0.25) is 0 Å². The molecule has 0 atom stereocenters. The van der Waals surface area contributed by atoms with Gasteiger partial charge in [-0.2, -0.15) is 0 Å². The standard InChI is InChI=1S/C17H12N2OS2/c20-10-12-9-11-5-1-2-6-13(11)18-16(12)22-17-19-14-7-3-4-8-15(14)21-17/h1-9,20H,10H2. The van der Waals surface area contributed by atoms with Gasteiger partial charge < -0.3 is 5.11 Å². The van der Waals surface area contributed by atoms with Crippen LogP contribution in [-0.4, -0.2) is 15.1 Å². The van der Waals surface area contributed by atoms with Crippen LogP contribution in [0.3, 0.4) is 0 Å². The van der Waals surface area contributed by atoms with Crippen LogP contribution in [0, 0.1) is 0 Å². The van der Waals surface area contributed by atoms with Gasteiger partial charge in [-0.1, -0.05) is 30.3 Å². The van der Waals surface area contributed by atoms with Crippen molar-refractivity contribution in [2.24, 2.45) is 0 Å². The number of aliphatic hydroxyl groups is 1. The van der Waals surface area contributed by atoms with E-state index in [-0.39, 0.29) is 6.61 Å². The van der Waals surface area contributed by atoms with Crippen molar-refractivity contribution in [3.05, 3.63) is 60.2 Å². The Kier molecular flexibility index (Phi) is 3.54. The minimum absolute atomic E-state index is 0.0228. The van der Waals surface area contributed by atoms with Crippen LogP contribution in [0.4, 0.5) is 0 Å². The first-order valence-corrected chi connectivity index (χ1v) is 8.50. The highest BCUT2D eigenvalue weighted by atomic mass is 32.2. The van der Waals surface area contributed by atoms with Crippen LogP contribution >= 0.6 is 23.1 Å². The Bertz CT molecular complexity index is 932. The summed E-state index contributed by atoms with van der Waals surface area (Å²) in [5.41, 5.74) is 2.77. The number of pyridine rings is 1. The number of thiazole rings is 1. The van der Waals surface area contributed by atoms with Gasteiger partial charge in [0.2, 0.25) is 0 Å². The molecule has 3 nitrogen and oxygen atoms in total. The van der Waals surface area contributed by atoms with E-state index in [2.05, 4.69) is 16.0 Å². The zero-order chi connectivity index (χ0) is 14.9. The zero-order valence-electron chi connectivity index (χ0n) is 11.6. The molecule has 0 bridgehead atoms. The monoisotopic (exact) mass is 324 g/mol. The van der Waals surface area contributed by atoms with Crippen molar-refractivity contribution in [2.75, 3.05) is 0 Å². The Morgan fingerprint density at radius 2 is 1.73 bits per heavy atom. The lowest BCUT2D eigenvalue weighted by molar-refractivity contribution is 0.278. The molecule has 0 aliphatic carbocycles. The number of aliphatic hydroxyl groups excluding tert-OH is 1. The number of rotatable bonds is 3. The number of hydrogen-bond acceptors (Lipinski definition) is 5. The molecule has 4 rings (SSSR count). The van der Waals surface area contributed by atoms with Crippen molar-refractivity contribution in [3.63, 3.8) is 0 Å². The maximum Gasteiger partial charge on any atom is 0.157 e. The maximum atomic E-state index is 9.63. The van der Waals surface area contributed by atoms with Gasteiger partial charge in [0, 0.05) is 10.9 Å². The molecular formula is C17H12N2OS2. The third kappa shape index (κ3) is 2.47. The average molecular weight is 324 g/mol. The summed E-state index contributed by atoms with van der Waals surface area (Å²) in [5.74, 6) is 0. The van der Waals surface area contributed by atoms with E-state index in [9.17, 15) is 5.11 Å². The fraction of sp³-hybridized carbons (Fsp3) is 0.0588. The van der Waals surface area contributed by atoms with Crippen molar-refractivity contribution in [1.29, 1.82) is 0 Å². The summed E-state index contributed by atoms with van der Waals surface area (Å²) in [6, 6.07) is 18.0. The number of benzene rings is 2. The highest BCUT2D eigenvalue weighted by Gasteiger charge is 2.11. The zero-order valence-corrected chi connectivity index (χ0v) is 13.2. The summed E-state index contributed by atoms with van der Waals surface area (Å²) in [6.07, 6.45) is 0. The molecule has 5 heteroatoms. The Morgan fingerprint density at radius 1 is 0.955 bits per heavy atom. The Hall–Kier alpha value is -1.95. The number of aromatic nitrogens is 2. The Morgan fingerprint density at radius 3 is 2.55 bits per heavy atom. The van der Waals surface area contributed by atoms with Gasteiger partial charge in [0.15, 0.2) is 4.34 Å². The topological polar surface area (TPSA) is 46.0 Å². The predicted octanol–water partition coefficient (Wildman–Crippen LogP) is 4.49. The molecule has 0 unspecified atom stereocenters. The summed E-state index contributed by atoms with van der Waals surface area (Å²) in [6.45, 7) is -0.0228. The van der Waals surface area contributed by atoms with Crippen LogP contribution in [0.1, 0.15) is 5.56 Å². The molecule has 0 fully saturated rings. The van der Waals surface area contributed by atoms with Gasteiger partial charge in [0.05, 0.1) is 22.3 Å². The van der Waals surface area contributed by atoms with Crippen molar-refractivity contribution in [2.45, 2.75) is 16.0 Å². The highest BCUT2D eigenvalue weighted by Crippen LogP contribution is 2.35. The molecule has 1 N–H and O–H groups in total. The van der Waals surface area contributed by atoms with E-state index in [1.807, 2.05) is 48.5 Å². The molecular weight excluding hydrogens is 312 g/mol. The van der Waals surface area contributed by atoms with Crippen molar-refractivity contribution >= 4 is 44.2 Å². The van der Waals surface area contributed by atoms with Gasteiger partial charge in [0.1, 0.15) is 5.03 Å². The number of fused-ring (bicyclic) bond motifs is 2. The first kappa shape index (κ1) is 13.7. The lowest BCUT2D eigenvalue weighted by atomic mass is 10.2. The third-order valence-electron chi connectivity index (χ3n) is 3.39. The van der Waals surface area contributed by atoms with Crippen molar-refractivity contribution in [1.82, 2.24) is 9.97 Å². The number of para-hydroxylation sites is 2. The third-order valence-corrected chi connectivity index (χ3v) is 5.54. The van der Waals surface area contributed by atoms with Crippen LogP contribution < -0.4 is 0 Å². The summed E-state index contributed by atoms with van der Waals surface area (Å²) in [4.78, 5) is 9.30. The fourth-order valence-electron chi connectivity index (χ4n) is 2.32. The molecule has 0 saturated carbocycles. The number of nitrogens with zero attached hydrogens (tertiary/aromatic N) is 2. The second kappa shape index (κ2) is 5.68. The van der Waals surface area contributed by atoms with E-state index < -0.39 is 0 Å². The van der Waals surface area contributed by atoms with Crippen LogP contribution in [0.5, 0.6) is 0 Å². The predicted molar refractivity (Wildman–Crippen MR) is 91.4 cm³/mol. The van der Waals surface area contributed by atoms with Crippen LogP contribution in [0.15, 0.2) is 64.0 Å². The first-order valence-electron chi connectivity index (χ1n) is 6.86. The summed E-state index contributed by atoms with van der Waals surface area (Å²) < 4.78 is 2.11. The molecule has 4 aromatic rings. The molecule has 0 amide bonds. The van der Waals surface area contributed by atoms with E-state index >= 15 is 0 Å². The minimum atomic E-state index is -0.0228. The van der Waals surface area contributed by atoms with Gasteiger partial charge in [-0.25, -0.2) is 9.97 Å². The minimum Gasteiger partial charge on any atom is -0.392 e. The second-order valence-corrected chi connectivity index (χ2v) is 7.12. The summed E-state index contributed by atoms with van der Waals surface area (Å²) in [7, 11) is 0. The van der Waals surface area contributed by atoms with Crippen molar-refractivity contribution in [3.8, 4) is 0 Å². The lowest BCUT2D eigenvalue weighted by Gasteiger charge is -2.06. The van der Waals surface area contributed by atoms with Gasteiger partial charge in [-0.05, 0) is 36.0 Å². The SMILES string of the molecule is OCc1cc2ccccc2nc1Sc1nc2ccccc2s1. The molecule has 2 aromatic carbocycles. The van der Waals surface area contributed by atoms with Crippen molar-refractivity contribution < 1.29 is 5.11 Å². The first-order chi connectivity index (χ1) is 10.8. The Balaban J connectivity index is 1.79. The van der Waals surface area contributed by atoms with E-state index in [1.54, 1.807) is 11.3 Å². The summed E-state index contributed by atoms with van der Waals surface area (Å²) >= 11 is 3.16. The smallest absolute Gasteiger partial charge is 0.157 e. The maximum absolute atomic E-state index is 9.63. The fourth-order valence-corrected chi connectivity index (χ4v) is 4.40. The molecule has 0 aliphatic heterocycles. The number of hydrogen-bond donors (Lipinski definition) is 1.